The zero-order valence-corrected chi connectivity index (χ0v) is 7.84. The summed E-state index contributed by atoms with van der Waals surface area (Å²) in [5.74, 6) is 0. The number of hydrogen-bond donors (Lipinski definition) is 0. The highest BCUT2D eigenvalue weighted by Crippen LogP contribution is 2.30. The summed E-state index contributed by atoms with van der Waals surface area (Å²) in [6, 6.07) is 2.85. The van der Waals surface area contributed by atoms with Crippen molar-refractivity contribution >= 4 is 22.3 Å². The summed E-state index contributed by atoms with van der Waals surface area (Å²) in [6.07, 6.45) is 1.43. The van der Waals surface area contributed by atoms with Gasteiger partial charge in [0.25, 0.3) is 5.69 Å². The van der Waals surface area contributed by atoms with Crippen LogP contribution in [0, 0.1) is 16.7 Å². The molecule has 1 aromatic carbocycles. The fraction of sp³-hybridized carbons (Fsp3) is 0.111. The van der Waals surface area contributed by atoms with Crippen LogP contribution < -0.4 is 0 Å². The molecule has 0 saturated carbocycles. The van der Waals surface area contributed by atoms with E-state index in [1.807, 2.05) is 0 Å². The van der Waals surface area contributed by atoms with Crippen LogP contribution in [0.4, 0.5) is 11.4 Å². The molecule has 0 radical (unpaired) electrons. The van der Waals surface area contributed by atoms with E-state index in [4.69, 9.17) is 6.57 Å². The molecule has 6 heteroatoms. The monoisotopic (exact) mass is 202 g/mol. The summed E-state index contributed by atoms with van der Waals surface area (Å²) in [5.41, 5.74) is 0.764. The molecule has 0 fully saturated rings. The van der Waals surface area contributed by atoms with E-state index in [1.54, 1.807) is 13.1 Å². The number of fused-ring (bicyclic) bond motifs is 1. The Labute approximate surface area is 84.7 Å². The normalized spacial score (nSPS) is 10.1. The maximum Gasteiger partial charge on any atom is 0.270 e. The number of nitro benzene ring substituents is 1. The molecule has 0 spiro atoms. The number of aromatic nitrogens is 2. The highest BCUT2D eigenvalue weighted by molar-refractivity contribution is 5.91. The molecular formula is C9H6N4O2. The van der Waals surface area contributed by atoms with Crippen LogP contribution in [0.5, 0.6) is 0 Å². The van der Waals surface area contributed by atoms with Crippen molar-refractivity contribution in [1.29, 1.82) is 0 Å². The molecule has 0 aliphatic carbocycles. The van der Waals surface area contributed by atoms with Gasteiger partial charge in [-0.15, -0.1) is 0 Å². The number of aryl methyl sites for hydroxylation is 1. The quantitative estimate of drug-likeness (QED) is 0.403. The Morgan fingerprint density at radius 3 is 2.93 bits per heavy atom. The van der Waals surface area contributed by atoms with Crippen molar-refractivity contribution in [2.75, 3.05) is 0 Å². The predicted molar refractivity (Wildman–Crippen MR) is 53.6 cm³/mol. The molecule has 0 amide bonds. The Bertz CT molecular complexity index is 594. The van der Waals surface area contributed by atoms with Gasteiger partial charge in [0.2, 0.25) is 0 Å². The lowest BCUT2D eigenvalue weighted by Crippen LogP contribution is -1.91. The minimum absolute atomic E-state index is 0.0772. The lowest BCUT2D eigenvalue weighted by Gasteiger charge is -1.97. The topological polar surface area (TPSA) is 65.3 Å². The van der Waals surface area contributed by atoms with Crippen molar-refractivity contribution in [1.82, 2.24) is 9.78 Å². The van der Waals surface area contributed by atoms with Gasteiger partial charge in [-0.2, -0.15) is 5.10 Å². The first-order valence-electron chi connectivity index (χ1n) is 4.11. The van der Waals surface area contributed by atoms with Crippen LogP contribution in [-0.4, -0.2) is 14.7 Å². The molecule has 6 nitrogen and oxygen atoms in total. The van der Waals surface area contributed by atoms with E-state index in [2.05, 4.69) is 9.94 Å². The summed E-state index contributed by atoms with van der Waals surface area (Å²) in [5, 5.41) is 15.1. The molecular weight excluding hydrogens is 196 g/mol. The van der Waals surface area contributed by atoms with E-state index < -0.39 is 4.92 Å². The SMILES string of the molecule is [C-]#[N+]c1cc([N+](=O)[O-])c2cnn(C)c2c1. The van der Waals surface area contributed by atoms with Gasteiger partial charge in [-0.25, -0.2) is 4.85 Å². The molecule has 0 bridgehead atoms. The third kappa shape index (κ3) is 1.30. The molecule has 1 heterocycles. The first kappa shape index (κ1) is 9.15. The Hall–Kier alpha value is -2.42. The number of non-ortho nitro benzene ring substituents is 1. The van der Waals surface area contributed by atoms with Crippen molar-refractivity contribution in [2.45, 2.75) is 0 Å². The van der Waals surface area contributed by atoms with Gasteiger partial charge in [-0.05, 0) is 6.07 Å². The van der Waals surface area contributed by atoms with Gasteiger partial charge in [0.15, 0.2) is 5.69 Å². The van der Waals surface area contributed by atoms with Crippen LogP contribution in [0.1, 0.15) is 0 Å². The molecule has 0 aliphatic heterocycles. The van der Waals surface area contributed by atoms with Gasteiger partial charge in [-0.1, -0.05) is 0 Å². The summed E-state index contributed by atoms with van der Waals surface area (Å²) < 4.78 is 1.51. The van der Waals surface area contributed by atoms with Crippen LogP contribution in [0.15, 0.2) is 18.3 Å². The van der Waals surface area contributed by atoms with Crippen LogP contribution >= 0.6 is 0 Å². The Morgan fingerprint density at radius 2 is 2.33 bits per heavy atom. The van der Waals surface area contributed by atoms with Gasteiger partial charge in [0.1, 0.15) is 0 Å². The average molecular weight is 202 g/mol. The molecule has 0 unspecified atom stereocenters. The minimum Gasteiger partial charge on any atom is -0.269 e. The number of benzene rings is 1. The first-order chi connectivity index (χ1) is 7.13. The van der Waals surface area contributed by atoms with Crippen LogP contribution in [0.25, 0.3) is 15.7 Å². The van der Waals surface area contributed by atoms with E-state index >= 15 is 0 Å². The number of hydrogen-bond acceptors (Lipinski definition) is 3. The van der Waals surface area contributed by atoms with E-state index in [0.717, 1.165) is 0 Å². The minimum atomic E-state index is -0.501. The van der Waals surface area contributed by atoms with Crippen molar-refractivity contribution in [3.05, 3.63) is 39.9 Å². The number of rotatable bonds is 1. The maximum absolute atomic E-state index is 10.8. The van der Waals surface area contributed by atoms with E-state index in [1.165, 1.54) is 16.9 Å². The van der Waals surface area contributed by atoms with Gasteiger partial charge in [-0.3, -0.25) is 14.8 Å². The lowest BCUT2D eigenvalue weighted by atomic mass is 10.2. The standard InChI is InChI=1S/C9H6N4O2/c1-10-6-3-8-7(5-11-12(8)2)9(4-6)13(14)15/h3-5H,2H3. The zero-order chi connectivity index (χ0) is 11.0. The second kappa shape index (κ2) is 3.06. The second-order valence-electron chi connectivity index (χ2n) is 3.03. The van der Waals surface area contributed by atoms with Gasteiger partial charge < -0.3 is 0 Å². The highest BCUT2D eigenvalue weighted by Gasteiger charge is 2.16. The highest BCUT2D eigenvalue weighted by atomic mass is 16.6. The van der Waals surface area contributed by atoms with Crippen molar-refractivity contribution in [3.8, 4) is 0 Å². The van der Waals surface area contributed by atoms with Crippen LogP contribution in [-0.2, 0) is 7.05 Å². The van der Waals surface area contributed by atoms with Crippen LogP contribution in [0.2, 0.25) is 0 Å². The summed E-state index contributed by atoms with van der Waals surface area (Å²) >= 11 is 0. The van der Waals surface area contributed by atoms with E-state index in [0.29, 0.717) is 10.9 Å². The molecule has 0 saturated heterocycles. The Morgan fingerprint density at radius 1 is 1.60 bits per heavy atom. The van der Waals surface area contributed by atoms with Crippen molar-refractivity contribution in [3.63, 3.8) is 0 Å². The maximum atomic E-state index is 10.8. The average Bonchev–Trinajstić information content (AvgIpc) is 2.59. The van der Waals surface area contributed by atoms with Gasteiger partial charge in [0, 0.05) is 13.1 Å². The molecule has 74 valence electrons. The molecule has 0 atom stereocenters. The fourth-order valence-electron chi connectivity index (χ4n) is 1.43. The summed E-state index contributed by atoms with van der Waals surface area (Å²) in [6.45, 7) is 6.85. The van der Waals surface area contributed by atoms with Crippen molar-refractivity contribution < 1.29 is 4.92 Å². The Balaban J connectivity index is 2.90. The summed E-state index contributed by atoms with van der Waals surface area (Å²) in [4.78, 5) is 13.4. The molecule has 2 aromatic rings. The smallest absolute Gasteiger partial charge is 0.269 e. The third-order valence-corrected chi connectivity index (χ3v) is 2.16. The Kier molecular flexibility index (Phi) is 1.87. The van der Waals surface area contributed by atoms with Gasteiger partial charge in [0.05, 0.1) is 28.6 Å². The molecule has 0 N–H and O–H groups in total. The van der Waals surface area contributed by atoms with Crippen molar-refractivity contribution in [2.24, 2.45) is 7.05 Å². The molecule has 0 aliphatic rings. The largest absolute Gasteiger partial charge is 0.270 e. The molecule has 2 rings (SSSR count). The first-order valence-corrected chi connectivity index (χ1v) is 4.11. The molecule has 1 aromatic heterocycles. The van der Waals surface area contributed by atoms with E-state index in [9.17, 15) is 10.1 Å². The summed E-state index contributed by atoms with van der Waals surface area (Å²) in [7, 11) is 1.68. The lowest BCUT2D eigenvalue weighted by molar-refractivity contribution is -0.383. The van der Waals surface area contributed by atoms with E-state index in [-0.39, 0.29) is 11.4 Å². The third-order valence-electron chi connectivity index (χ3n) is 2.16. The number of nitrogens with zero attached hydrogens (tertiary/aromatic N) is 4. The zero-order valence-electron chi connectivity index (χ0n) is 7.84. The number of nitro groups is 1. The van der Waals surface area contributed by atoms with Gasteiger partial charge >= 0.3 is 0 Å². The fourth-order valence-corrected chi connectivity index (χ4v) is 1.43. The second-order valence-corrected chi connectivity index (χ2v) is 3.03. The van der Waals surface area contributed by atoms with Crippen LogP contribution in [0.3, 0.4) is 0 Å². The molecule has 15 heavy (non-hydrogen) atoms. The predicted octanol–water partition coefficient (Wildman–Crippen LogP) is 2.03.